The minimum absolute atomic E-state index is 0.187. The number of carboxylic acids is 2. The molecule has 0 saturated heterocycles. The number of nitrogens with zero attached hydrogens (tertiary/aromatic N) is 1. The fourth-order valence-electron chi connectivity index (χ4n) is 3.40. The number of hydrogen-bond acceptors (Lipinski definition) is 6. The van der Waals surface area contributed by atoms with Crippen LogP contribution in [-0.4, -0.2) is 46.9 Å². The normalized spacial score (nSPS) is 20.1. The molecule has 154 valence electrons. The minimum atomic E-state index is -1.78. The van der Waals surface area contributed by atoms with Crippen molar-refractivity contribution < 1.29 is 29.3 Å². The Morgan fingerprint density at radius 2 is 1.86 bits per heavy atom. The van der Waals surface area contributed by atoms with Crippen LogP contribution >= 0.6 is 0 Å². The third-order valence-electron chi connectivity index (χ3n) is 4.81. The number of carboxylic acid groups (broad SMARTS) is 2. The first-order valence-corrected chi connectivity index (χ1v) is 9.30. The molecule has 1 aromatic carbocycles. The number of carbonyl (C=O) groups is 3. The van der Waals surface area contributed by atoms with Crippen LogP contribution in [0.4, 0.5) is 5.69 Å². The standard InChI is InChI=1S/C19H27N3O6/c20-10-6-2-1-3-7-13(18(26)27)19(21)11-16(23)22(12-17(24)25)14-8-4-5-9-15(14)28-19/h4-5,8-9,13H,1-3,6-7,10-12,20-21H2,(H,24,25)(H,26,27)/t13?,19-/m0/s1. The highest BCUT2D eigenvalue weighted by atomic mass is 16.5. The van der Waals surface area contributed by atoms with Gasteiger partial charge in [-0.2, -0.15) is 0 Å². The maximum Gasteiger partial charge on any atom is 0.323 e. The predicted octanol–water partition coefficient (Wildman–Crippen LogP) is 1.15. The Hall–Kier alpha value is -2.65. The van der Waals surface area contributed by atoms with Crippen LogP contribution in [0.3, 0.4) is 0 Å². The van der Waals surface area contributed by atoms with Gasteiger partial charge in [0.2, 0.25) is 5.91 Å². The molecule has 1 aliphatic heterocycles. The first-order chi connectivity index (χ1) is 13.3. The number of carbonyl (C=O) groups excluding carboxylic acids is 1. The molecule has 28 heavy (non-hydrogen) atoms. The van der Waals surface area contributed by atoms with Gasteiger partial charge in [0.05, 0.1) is 12.1 Å². The molecular weight excluding hydrogens is 366 g/mol. The molecule has 2 rings (SSSR count). The summed E-state index contributed by atoms with van der Waals surface area (Å²) in [5, 5.41) is 18.9. The second-order valence-electron chi connectivity index (χ2n) is 6.96. The average molecular weight is 393 g/mol. The van der Waals surface area contributed by atoms with E-state index in [-0.39, 0.29) is 17.9 Å². The van der Waals surface area contributed by atoms with Gasteiger partial charge in [-0.3, -0.25) is 25.0 Å². The van der Waals surface area contributed by atoms with Crippen molar-refractivity contribution in [2.24, 2.45) is 17.4 Å². The summed E-state index contributed by atoms with van der Waals surface area (Å²) in [6.07, 6.45) is 2.95. The maximum atomic E-state index is 12.8. The van der Waals surface area contributed by atoms with Crippen molar-refractivity contribution in [1.29, 1.82) is 0 Å². The van der Waals surface area contributed by atoms with Gasteiger partial charge in [-0.05, 0) is 31.5 Å². The summed E-state index contributed by atoms with van der Waals surface area (Å²) in [6, 6.07) is 6.38. The quantitative estimate of drug-likeness (QED) is 0.431. The molecule has 9 heteroatoms. The summed E-state index contributed by atoms with van der Waals surface area (Å²) in [5.74, 6) is -3.87. The van der Waals surface area contributed by atoms with Crippen molar-refractivity contribution in [3.8, 4) is 5.75 Å². The van der Waals surface area contributed by atoms with E-state index < -0.39 is 42.5 Å². The van der Waals surface area contributed by atoms with Crippen LogP contribution < -0.4 is 21.1 Å². The van der Waals surface area contributed by atoms with E-state index in [0.717, 1.165) is 24.2 Å². The molecule has 0 aromatic heterocycles. The monoisotopic (exact) mass is 393 g/mol. The van der Waals surface area contributed by atoms with Crippen molar-refractivity contribution in [3.05, 3.63) is 24.3 Å². The molecule has 0 spiro atoms. The van der Waals surface area contributed by atoms with Crippen LogP contribution in [0.1, 0.15) is 38.5 Å². The van der Waals surface area contributed by atoms with E-state index in [1.165, 1.54) is 0 Å². The number of para-hydroxylation sites is 2. The van der Waals surface area contributed by atoms with Crippen LogP contribution in [0.5, 0.6) is 5.75 Å². The van der Waals surface area contributed by atoms with Crippen molar-refractivity contribution in [3.63, 3.8) is 0 Å². The molecule has 0 radical (unpaired) electrons. The average Bonchev–Trinajstić information content (AvgIpc) is 2.72. The largest absolute Gasteiger partial charge is 0.481 e. The number of aliphatic carboxylic acids is 2. The van der Waals surface area contributed by atoms with E-state index >= 15 is 0 Å². The lowest BCUT2D eigenvalue weighted by atomic mass is 9.87. The van der Waals surface area contributed by atoms with Gasteiger partial charge in [-0.25, -0.2) is 0 Å². The number of ether oxygens (including phenoxy) is 1. The van der Waals surface area contributed by atoms with Gasteiger partial charge in [0.15, 0.2) is 5.72 Å². The molecular formula is C19H27N3O6. The number of amides is 1. The number of hydrogen-bond donors (Lipinski definition) is 4. The highest BCUT2D eigenvalue weighted by Crippen LogP contribution is 2.38. The van der Waals surface area contributed by atoms with Crippen molar-refractivity contribution in [1.82, 2.24) is 0 Å². The molecule has 0 bridgehead atoms. The van der Waals surface area contributed by atoms with E-state index in [2.05, 4.69) is 0 Å². The summed E-state index contributed by atoms with van der Waals surface area (Å²) in [6.45, 7) is 0.0170. The van der Waals surface area contributed by atoms with Crippen LogP contribution in [-0.2, 0) is 14.4 Å². The Morgan fingerprint density at radius 1 is 1.18 bits per heavy atom. The first kappa shape index (κ1) is 21.6. The molecule has 1 heterocycles. The molecule has 2 atom stereocenters. The molecule has 0 saturated carbocycles. The van der Waals surface area contributed by atoms with Gasteiger partial charge in [-0.15, -0.1) is 0 Å². The Bertz CT molecular complexity index is 725. The Labute approximate surface area is 163 Å². The maximum absolute atomic E-state index is 12.8. The third-order valence-corrected chi connectivity index (χ3v) is 4.81. The summed E-state index contributed by atoms with van der Waals surface area (Å²) in [7, 11) is 0. The molecule has 1 aliphatic rings. The van der Waals surface area contributed by atoms with Crippen LogP contribution in [0.15, 0.2) is 24.3 Å². The third kappa shape index (κ3) is 5.20. The minimum Gasteiger partial charge on any atom is -0.481 e. The molecule has 9 nitrogen and oxygen atoms in total. The Morgan fingerprint density at radius 3 is 2.50 bits per heavy atom. The predicted molar refractivity (Wildman–Crippen MR) is 102 cm³/mol. The molecule has 6 N–H and O–H groups in total. The second kappa shape index (κ2) is 9.52. The number of anilines is 1. The van der Waals surface area contributed by atoms with E-state index in [0.29, 0.717) is 13.0 Å². The van der Waals surface area contributed by atoms with E-state index in [1.807, 2.05) is 0 Å². The fraction of sp³-hybridized carbons (Fsp3) is 0.526. The summed E-state index contributed by atoms with van der Waals surface area (Å²) < 4.78 is 5.85. The highest BCUT2D eigenvalue weighted by Gasteiger charge is 2.47. The lowest BCUT2D eigenvalue weighted by molar-refractivity contribution is -0.152. The van der Waals surface area contributed by atoms with Gasteiger partial charge >= 0.3 is 11.9 Å². The highest BCUT2D eigenvalue weighted by molar-refractivity contribution is 6.00. The zero-order valence-corrected chi connectivity index (χ0v) is 15.7. The van der Waals surface area contributed by atoms with E-state index in [4.69, 9.17) is 21.3 Å². The second-order valence-corrected chi connectivity index (χ2v) is 6.96. The van der Waals surface area contributed by atoms with E-state index in [1.54, 1.807) is 24.3 Å². The van der Waals surface area contributed by atoms with Crippen molar-refractivity contribution >= 4 is 23.5 Å². The van der Waals surface area contributed by atoms with Crippen LogP contribution in [0.2, 0.25) is 0 Å². The Balaban J connectivity index is 2.29. The van der Waals surface area contributed by atoms with Gasteiger partial charge in [-0.1, -0.05) is 31.4 Å². The van der Waals surface area contributed by atoms with Gasteiger partial charge in [0.25, 0.3) is 0 Å². The topological polar surface area (TPSA) is 156 Å². The fourth-order valence-corrected chi connectivity index (χ4v) is 3.40. The van der Waals surface area contributed by atoms with Crippen LogP contribution in [0.25, 0.3) is 0 Å². The smallest absolute Gasteiger partial charge is 0.323 e. The van der Waals surface area contributed by atoms with Crippen LogP contribution in [0, 0.1) is 5.92 Å². The molecule has 1 aromatic rings. The van der Waals surface area contributed by atoms with Gasteiger partial charge in [0.1, 0.15) is 18.2 Å². The number of fused-ring (bicyclic) bond motifs is 1. The lowest BCUT2D eigenvalue weighted by Gasteiger charge is -2.33. The number of rotatable bonds is 10. The van der Waals surface area contributed by atoms with E-state index in [9.17, 15) is 19.5 Å². The first-order valence-electron chi connectivity index (χ1n) is 9.30. The Kier molecular flexibility index (Phi) is 7.36. The SMILES string of the molecule is NCCCCCCC(C(=O)O)[C@]1(N)CC(=O)N(CC(=O)O)c2ccccc2O1. The molecule has 0 fully saturated rings. The summed E-state index contributed by atoms with van der Waals surface area (Å²) >= 11 is 0. The van der Waals surface area contributed by atoms with Crippen molar-refractivity contribution in [2.75, 3.05) is 18.0 Å². The summed E-state index contributed by atoms with van der Waals surface area (Å²) in [5.41, 5.74) is 10.3. The lowest BCUT2D eigenvalue weighted by Crippen LogP contribution is -2.57. The molecule has 1 unspecified atom stereocenters. The number of nitrogens with two attached hydrogens (primary N) is 2. The van der Waals surface area contributed by atoms with Gasteiger partial charge < -0.3 is 20.7 Å². The number of unbranched alkanes of at least 4 members (excludes halogenated alkanes) is 3. The molecule has 0 aliphatic carbocycles. The molecule has 1 amide bonds. The zero-order chi connectivity index (χ0) is 20.7. The van der Waals surface area contributed by atoms with Gasteiger partial charge in [0, 0.05) is 0 Å². The number of benzene rings is 1. The zero-order valence-electron chi connectivity index (χ0n) is 15.7. The van der Waals surface area contributed by atoms with Crippen molar-refractivity contribution in [2.45, 2.75) is 44.2 Å². The summed E-state index contributed by atoms with van der Waals surface area (Å²) in [4.78, 5) is 36.9.